The molecule has 0 atom stereocenters. The van der Waals surface area contributed by atoms with Crippen molar-refractivity contribution in [3.63, 3.8) is 0 Å². The number of nitrogens with one attached hydrogen (secondary N) is 1. The molecule has 1 aromatic heterocycles. The van der Waals surface area contributed by atoms with Crippen LogP contribution < -0.4 is 5.32 Å². The molecular weight excluding hydrogens is 238 g/mol. The van der Waals surface area contributed by atoms with Gasteiger partial charge in [-0.1, -0.05) is 23.7 Å². The fourth-order valence-corrected chi connectivity index (χ4v) is 1.60. The number of aryl methyl sites for hydroxylation is 1. The van der Waals surface area contributed by atoms with Gasteiger partial charge in [0.2, 0.25) is 0 Å². The van der Waals surface area contributed by atoms with E-state index in [1.807, 2.05) is 19.1 Å². The zero-order valence-electron chi connectivity index (χ0n) is 9.37. The van der Waals surface area contributed by atoms with E-state index in [-0.39, 0.29) is 5.91 Å². The molecule has 0 unspecified atom stereocenters. The summed E-state index contributed by atoms with van der Waals surface area (Å²) in [5.74, 6) is 0.154. The van der Waals surface area contributed by atoms with Crippen molar-refractivity contribution in [1.82, 2.24) is 5.32 Å². The van der Waals surface area contributed by atoms with Crippen LogP contribution in [0.1, 0.15) is 21.7 Å². The van der Waals surface area contributed by atoms with E-state index < -0.39 is 0 Å². The van der Waals surface area contributed by atoms with Crippen molar-refractivity contribution in [2.24, 2.45) is 0 Å². The molecule has 3 nitrogen and oxygen atoms in total. The predicted molar refractivity (Wildman–Crippen MR) is 66.1 cm³/mol. The molecule has 0 saturated carbocycles. The van der Waals surface area contributed by atoms with Crippen molar-refractivity contribution < 1.29 is 9.21 Å². The van der Waals surface area contributed by atoms with Gasteiger partial charge < -0.3 is 9.73 Å². The first kappa shape index (κ1) is 11.7. The molecule has 0 bridgehead atoms. The fourth-order valence-electron chi connectivity index (χ4n) is 1.47. The van der Waals surface area contributed by atoms with Gasteiger partial charge in [0.1, 0.15) is 0 Å². The average Bonchev–Trinajstić information content (AvgIpc) is 2.74. The normalized spacial score (nSPS) is 10.2. The predicted octanol–water partition coefficient (Wildman–Crippen LogP) is 3.17. The van der Waals surface area contributed by atoms with Crippen molar-refractivity contribution in [2.75, 3.05) is 0 Å². The van der Waals surface area contributed by atoms with Crippen LogP contribution in [0.4, 0.5) is 0 Å². The SMILES string of the molecule is Cc1ccoc1C(=O)NCc1ccc(Cl)cc1. The first-order valence-corrected chi connectivity index (χ1v) is 5.61. The van der Waals surface area contributed by atoms with Gasteiger partial charge in [0.15, 0.2) is 5.76 Å². The highest BCUT2D eigenvalue weighted by molar-refractivity contribution is 6.30. The maximum absolute atomic E-state index is 11.7. The largest absolute Gasteiger partial charge is 0.459 e. The molecular formula is C13H12ClNO2. The van der Waals surface area contributed by atoms with Gasteiger partial charge in [0, 0.05) is 17.1 Å². The van der Waals surface area contributed by atoms with E-state index in [9.17, 15) is 4.79 Å². The van der Waals surface area contributed by atoms with Crippen LogP contribution in [0.15, 0.2) is 41.0 Å². The molecule has 2 aromatic rings. The van der Waals surface area contributed by atoms with Crippen LogP contribution in [0.5, 0.6) is 0 Å². The molecule has 0 aliphatic heterocycles. The highest BCUT2D eigenvalue weighted by Gasteiger charge is 2.11. The van der Waals surface area contributed by atoms with Gasteiger partial charge >= 0.3 is 0 Å². The lowest BCUT2D eigenvalue weighted by molar-refractivity contribution is 0.0922. The number of amides is 1. The summed E-state index contributed by atoms with van der Waals surface area (Å²) in [6.45, 7) is 2.29. The zero-order chi connectivity index (χ0) is 12.3. The van der Waals surface area contributed by atoms with Gasteiger partial charge in [-0.3, -0.25) is 4.79 Å². The van der Waals surface area contributed by atoms with Crippen molar-refractivity contribution in [3.8, 4) is 0 Å². The van der Waals surface area contributed by atoms with Gasteiger partial charge in [-0.15, -0.1) is 0 Å². The number of halogens is 1. The monoisotopic (exact) mass is 249 g/mol. The van der Waals surface area contributed by atoms with Crippen LogP contribution in [-0.4, -0.2) is 5.91 Å². The zero-order valence-corrected chi connectivity index (χ0v) is 10.1. The highest BCUT2D eigenvalue weighted by Crippen LogP contribution is 2.11. The molecule has 0 saturated heterocycles. The van der Waals surface area contributed by atoms with Gasteiger partial charge in [-0.2, -0.15) is 0 Å². The molecule has 0 aliphatic rings. The lowest BCUT2D eigenvalue weighted by Gasteiger charge is -2.04. The molecule has 88 valence electrons. The second kappa shape index (κ2) is 5.06. The van der Waals surface area contributed by atoms with E-state index in [0.29, 0.717) is 17.3 Å². The van der Waals surface area contributed by atoms with Gasteiger partial charge in [0.25, 0.3) is 5.91 Å². The van der Waals surface area contributed by atoms with E-state index >= 15 is 0 Å². The van der Waals surface area contributed by atoms with Gasteiger partial charge in [-0.25, -0.2) is 0 Å². The van der Waals surface area contributed by atoms with Crippen LogP contribution >= 0.6 is 11.6 Å². The Morgan fingerprint density at radius 3 is 2.59 bits per heavy atom. The van der Waals surface area contributed by atoms with E-state index in [0.717, 1.165) is 11.1 Å². The summed E-state index contributed by atoms with van der Waals surface area (Å²) >= 11 is 5.77. The first-order chi connectivity index (χ1) is 8.16. The number of carbonyl (C=O) groups excluding carboxylic acids is 1. The molecule has 0 spiro atoms. The number of hydrogen-bond donors (Lipinski definition) is 1. The summed E-state index contributed by atoms with van der Waals surface area (Å²) < 4.78 is 5.10. The van der Waals surface area contributed by atoms with E-state index in [1.54, 1.807) is 18.2 Å². The molecule has 0 aliphatic carbocycles. The number of furan rings is 1. The van der Waals surface area contributed by atoms with Crippen molar-refractivity contribution in [3.05, 3.63) is 58.5 Å². The summed E-state index contributed by atoms with van der Waals surface area (Å²) in [5.41, 5.74) is 1.82. The maximum Gasteiger partial charge on any atom is 0.287 e. The minimum Gasteiger partial charge on any atom is -0.459 e. The van der Waals surface area contributed by atoms with Crippen molar-refractivity contribution in [1.29, 1.82) is 0 Å². The number of rotatable bonds is 3. The van der Waals surface area contributed by atoms with Crippen molar-refractivity contribution >= 4 is 17.5 Å². The van der Waals surface area contributed by atoms with Crippen LogP contribution in [0.3, 0.4) is 0 Å². The molecule has 4 heteroatoms. The molecule has 1 heterocycles. The molecule has 17 heavy (non-hydrogen) atoms. The molecule has 0 radical (unpaired) electrons. The lowest BCUT2D eigenvalue weighted by Crippen LogP contribution is -2.22. The second-order valence-electron chi connectivity index (χ2n) is 3.74. The van der Waals surface area contributed by atoms with Crippen LogP contribution in [0, 0.1) is 6.92 Å². The van der Waals surface area contributed by atoms with Gasteiger partial charge in [-0.05, 0) is 30.7 Å². The third kappa shape index (κ3) is 2.88. The van der Waals surface area contributed by atoms with Crippen LogP contribution in [0.2, 0.25) is 5.02 Å². The van der Waals surface area contributed by atoms with E-state index in [4.69, 9.17) is 16.0 Å². The van der Waals surface area contributed by atoms with E-state index in [1.165, 1.54) is 6.26 Å². The molecule has 2 rings (SSSR count). The Bertz CT molecular complexity index is 516. The topological polar surface area (TPSA) is 42.2 Å². The standard InChI is InChI=1S/C13H12ClNO2/c1-9-6-7-17-12(9)13(16)15-8-10-2-4-11(14)5-3-10/h2-7H,8H2,1H3,(H,15,16). The Labute approximate surface area is 104 Å². The Morgan fingerprint density at radius 2 is 2.00 bits per heavy atom. The highest BCUT2D eigenvalue weighted by atomic mass is 35.5. The number of hydrogen-bond acceptors (Lipinski definition) is 2. The third-order valence-corrected chi connectivity index (χ3v) is 2.69. The fraction of sp³-hybridized carbons (Fsp3) is 0.154. The van der Waals surface area contributed by atoms with Gasteiger partial charge in [0.05, 0.1) is 6.26 Å². The summed E-state index contributed by atoms with van der Waals surface area (Å²) in [6.07, 6.45) is 1.51. The smallest absolute Gasteiger partial charge is 0.287 e. The Balaban J connectivity index is 1.97. The first-order valence-electron chi connectivity index (χ1n) is 5.23. The summed E-state index contributed by atoms with van der Waals surface area (Å²) in [5, 5.41) is 3.47. The maximum atomic E-state index is 11.7. The molecule has 1 amide bonds. The molecule has 1 aromatic carbocycles. The Hall–Kier alpha value is -1.74. The summed E-state index contributed by atoms with van der Waals surface area (Å²) in [6, 6.07) is 9.09. The summed E-state index contributed by atoms with van der Waals surface area (Å²) in [4.78, 5) is 11.7. The lowest BCUT2D eigenvalue weighted by atomic mass is 10.2. The summed E-state index contributed by atoms with van der Waals surface area (Å²) in [7, 11) is 0. The number of carbonyl (C=O) groups is 1. The number of benzene rings is 1. The Morgan fingerprint density at radius 1 is 1.29 bits per heavy atom. The molecule has 0 fully saturated rings. The average molecular weight is 250 g/mol. The minimum atomic E-state index is -0.206. The quantitative estimate of drug-likeness (QED) is 0.908. The Kier molecular flexibility index (Phi) is 3.49. The van der Waals surface area contributed by atoms with E-state index in [2.05, 4.69) is 5.32 Å². The van der Waals surface area contributed by atoms with Crippen LogP contribution in [0.25, 0.3) is 0 Å². The second-order valence-corrected chi connectivity index (χ2v) is 4.18. The third-order valence-electron chi connectivity index (χ3n) is 2.43. The van der Waals surface area contributed by atoms with Crippen LogP contribution in [-0.2, 0) is 6.54 Å². The van der Waals surface area contributed by atoms with Crippen molar-refractivity contribution in [2.45, 2.75) is 13.5 Å². The molecule has 1 N–H and O–H groups in total. The minimum absolute atomic E-state index is 0.206.